The van der Waals surface area contributed by atoms with Gasteiger partial charge in [0, 0.05) is 11.1 Å². The summed E-state index contributed by atoms with van der Waals surface area (Å²) in [6, 6.07) is 13.8. The average Bonchev–Trinajstić information content (AvgIpc) is 2.70. The van der Waals surface area contributed by atoms with Gasteiger partial charge >= 0.3 is 0 Å². The summed E-state index contributed by atoms with van der Waals surface area (Å²) in [5.74, 6) is -0.701. The lowest BCUT2D eigenvalue weighted by molar-refractivity contribution is -0.120. The summed E-state index contributed by atoms with van der Waals surface area (Å²) in [6.07, 6.45) is 0. The van der Waals surface area contributed by atoms with Crippen molar-refractivity contribution in [1.82, 2.24) is 16.2 Å². The van der Waals surface area contributed by atoms with Crippen LogP contribution in [0.5, 0.6) is 5.75 Å². The van der Waals surface area contributed by atoms with Crippen LogP contribution in [0.4, 0.5) is 0 Å². The van der Waals surface area contributed by atoms with Crippen LogP contribution in [0.2, 0.25) is 0 Å². The average molecular weight is 397 g/mol. The van der Waals surface area contributed by atoms with E-state index in [4.69, 9.17) is 4.74 Å². The van der Waals surface area contributed by atoms with E-state index in [2.05, 4.69) is 36.9 Å². The Morgan fingerprint density at radius 3 is 1.93 bits per heavy atom. The SMILES string of the molecule is CCOc1ccc(C(=O)NCC(=O)NNC(=O)c2ccc(C(C)(C)C)cc2)cc1. The van der Waals surface area contributed by atoms with Crippen molar-refractivity contribution in [3.8, 4) is 5.75 Å². The smallest absolute Gasteiger partial charge is 0.269 e. The first-order chi connectivity index (χ1) is 13.7. The van der Waals surface area contributed by atoms with Crippen LogP contribution >= 0.6 is 0 Å². The first-order valence-corrected chi connectivity index (χ1v) is 9.41. The third kappa shape index (κ3) is 6.64. The molecular formula is C22H27N3O4. The summed E-state index contributed by atoms with van der Waals surface area (Å²) in [6.45, 7) is 8.41. The number of benzene rings is 2. The number of ether oxygens (including phenoxy) is 1. The number of carbonyl (C=O) groups is 3. The van der Waals surface area contributed by atoms with E-state index in [0.717, 1.165) is 5.56 Å². The number of hydrazine groups is 1. The minimum Gasteiger partial charge on any atom is -0.494 e. The molecule has 7 heteroatoms. The Bertz CT molecular complexity index is 853. The number of hydrogen-bond donors (Lipinski definition) is 3. The molecule has 0 aliphatic rings. The lowest BCUT2D eigenvalue weighted by Crippen LogP contribution is -2.46. The van der Waals surface area contributed by atoms with Gasteiger partial charge in [-0.25, -0.2) is 0 Å². The van der Waals surface area contributed by atoms with Gasteiger partial charge in [-0.1, -0.05) is 32.9 Å². The Balaban J connectivity index is 1.79. The van der Waals surface area contributed by atoms with Crippen molar-refractivity contribution in [3.05, 3.63) is 65.2 Å². The fourth-order valence-corrected chi connectivity index (χ4v) is 2.50. The number of amides is 3. The minimum absolute atomic E-state index is 0.00915. The van der Waals surface area contributed by atoms with Gasteiger partial charge in [-0.3, -0.25) is 25.2 Å². The van der Waals surface area contributed by atoms with E-state index >= 15 is 0 Å². The molecule has 0 unspecified atom stereocenters. The van der Waals surface area contributed by atoms with E-state index in [1.165, 1.54) is 0 Å². The molecule has 0 fully saturated rings. The molecule has 0 aliphatic carbocycles. The second-order valence-corrected chi connectivity index (χ2v) is 7.47. The van der Waals surface area contributed by atoms with Crippen molar-refractivity contribution in [2.24, 2.45) is 0 Å². The highest BCUT2D eigenvalue weighted by Gasteiger charge is 2.15. The molecule has 0 aliphatic heterocycles. The van der Waals surface area contributed by atoms with Gasteiger partial charge in [0.1, 0.15) is 5.75 Å². The molecule has 3 amide bonds. The monoisotopic (exact) mass is 397 g/mol. The number of rotatable bonds is 6. The van der Waals surface area contributed by atoms with E-state index in [1.54, 1.807) is 36.4 Å². The highest BCUT2D eigenvalue weighted by Crippen LogP contribution is 2.22. The maximum Gasteiger partial charge on any atom is 0.269 e. The van der Waals surface area contributed by atoms with Crippen molar-refractivity contribution in [2.45, 2.75) is 33.1 Å². The Kier molecular flexibility index (Phi) is 7.36. The van der Waals surface area contributed by atoms with E-state index in [-0.39, 0.29) is 12.0 Å². The predicted octanol–water partition coefficient (Wildman–Crippen LogP) is 2.57. The van der Waals surface area contributed by atoms with Gasteiger partial charge in [0.25, 0.3) is 17.7 Å². The summed E-state index contributed by atoms with van der Waals surface area (Å²) in [5, 5.41) is 2.49. The number of hydrogen-bond acceptors (Lipinski definition) is 4. The zero-order chi connectivity index (χ0) is 21.4. The van der Waals surface area contributed by atoms with Crippen LogP contribution < -0.4 is 20.9 Å². The lowest BCUT2D eigenvalue weighted by Gasteiger charge is -2.19. The zero-order valence-corrected chi connectivity index (χ0v) is 17.2. The molecule has 0 saturated heterocycles. The van der Waals surface area contributed by atoms with Gasteiger partial charge in [0.05, 0.1) is 13.2 Å². The Labute approximate surface area is 170 Å². The van der Waals surface area contributed by atoms with Gasteiger partial charge in [-0.15, -0.1) is 0 Å². The molecule has 0 radical (unpaired) electrons. The van der Waals surface area contributed by atoms with Crippen molar-refractivity contribution < 1.29 is 19.1 Å². The van der Waals surface area contributed by atoms with Crippen LogP contribution in [-0.4, -0.2) is 30.9 Å². The topological polar surface area (TPSA) is 96.5 Å². The second-order valence-electron chi connectivity index (χ2n) is 7.47. The standard InChI is InChI=1S/C22H27N3O4/c1-5-29-18-12-8-15(9-13-18)20(27)23-14-19(26)24-25-21(28)16-6-10-17(11-7-16)22(2,3)4/h6-13H,5,14H2,1-4H3,(H,23,27)(H,24,26)(H,25,28). The van der Waals surface area contributed by atoms with Gasteiger partial charge in [-0.2, -0.15) is 0 Å². The number of carbonyl (C=O) groups excluding carboxylic acids is 3. The maximum absolute atomic E-state index is 12.1. The maximum atomic E-state index is 12.1. The van der Waals surface area contributed by atoms with Gasteiger partial charge in [0.2, 0.25) is 0 Å². The highest BCUT2D eigenvalue weighted by molar-refractivity contribution is 5.98. The molecule has 2 rings (SSSR count). The van der Waals surface area contributed by atoms with Gasteiger partial charge in [-0.05, 0) is 54.3 Å². The number of nitrogens with one attached hydrogen (secondary N) is 3. The second kappa shape index (κ2) is 9.73. The van der Waals surface area contributed by atoms with Gasteiger partial charge < -0.3 is 10.1 Å². The molecule has 0 saturated carbocycles. The van der Waals surface area contributed by atoms with Gasteiger partial charge in [0.15, 0.2) is 0 Å². The van der Waals surface area contributed by atoms with Crippen molar-refractivity contribution >= 4 is 17.7 Å². The lowest BCUT2D eigenvalue weighted by atomic mass is 9.87. The van der Waals surface area contributed by atoms with E-state index in [9.17, 15) is 14.4 Å². The highest BCUT2D eigenvalue weighted by atomic mass is 16.5. The Morgan fingerprint density at radius 2 is 1.38 bits per heavy atom. The molecule has 154 valence electrons. The fraction of sp³-hybridized carbons (Fsp3) is 0.318. The summed E-state index contributed by atoms with van der Waals surface area (Å²) < 4.78 is 5.32. The summed E-state index contributed by atoms with van der Waals surface area (Å²) in [5.41, 5.74) is 6.55. The normalized spacial score (nSPS) is 10.8. The molecule has 2 aromatic carbocycles. The van der Waals surface area contributed by atoms with Crippen LogP contribution in [0, 0.1) is 0 Å². The third-order valence-corrected chi connectivity index (χ3v) is 4.17. The molecule has 29 heavy (non-hydrogen) atoms. The third-order valence-electron chi connectivity index (χ3n) is 4.17. The molecule has 3 N–H and O–H groups in total. The predicted molar refractivity (Wildman–Crippen MR) is 111 cm³/mol. The fourth-order valence-electron chi connectivity index (χ4n) is 2.50. The molecule has 0 spiro atoms. The molecule has 0 heterocycles. The largest absolute Gasteiger partial charge is 0.494 e. The summed E-state index contributed by atoms with van der Waals surface area (Å²) in [4.78, 5) is 36.1. The first kappa shape index (κ1) is 21.9. The molecule has 0 bridgehead atoms. The van der Waals surface area contributed by atoms with Crippen LogP contribution in [-0.2, 0) is 10.2 Å². The Hall–Kier alpha value is -3.35. The van der Waals surface area contributed by atoms with Crippen molar-refractivity contribution in [2.75, 3.05) is 13.2 Å². The molecular weight excluding hydrogens is 370 g/mol. The van der Waals surface area contributed by atoms with E-state index in [1.807, 2.05) is 19.1 Å². The van der Waals surface area contributed by atoms with Crippen LogP contribution in [0.25, 0.3) is 0 Å². The molecule has 7 nitrogen and oxygen atoms in total. The van der Waals surface area contributed by atoms with E-state index < -0.39 is 17.7 Å². The molecule has 0 aromatic heterocycles. The first-order valence-electron chi connectivity index (χ1n) is 9.41. The quantitative estimate of drug-likeness (QED) is 0.653. The van der Waals surface area contributed by atoms with E-state index in [0.29, 0.717) is 23.5 Å². The molecule has 0 atom stereocenters. The Morgan fingerprint density at radius 1 is 0.828 bits per heavy atom. The summed E-state index contributed by atoms with van der Waals surface area (Å²) in [7, 11) is 0. The van der Waals surface area contributed by atoms with Crippen LogP contribution in [0.1, 0.15) is 54.0 Å². The minimum atomic E-state index is -0.538. The molecule has 2 aromatic rings. The van der Waals surface area contributed by atoms with Crippen LogP contribution in [0.15, 0.2) is 48.5 Å². The zero-order valence-electron chi connectivity index (χ0n) is 17.2. The van der Waals surface area contributed by atoms with Crippen molar-refractivity contribution in [1.29, 1.82) is 0 Å². The summed E-state index contributed by atoms with van der Waals surface area (Å²) >= 11 is 0. The van der Waals surface area contributed by atoms with Crippen LogP contribution in [0.3, 0.4) is 0 Å². The van der Waals surface area contributed by atoms with Crippen molar-refractivity contribution in [3.63, 3.8) is 0 Å².